The molecule has 0 saturated heterocycles. The number of hydrogen-bond acceptors (Lipinski definition) is 6. The van der Waals surface area contributed by atoms with Crippen molar-refractivity contribution in [3.05, 3.63) is 58.3 Å². The highest BCUT2D eigenvalue weighted by atomic mass is 32.1. The fourth-order valence-corrected chi connectivity index (χ4v) is 3.26. The molecule has 0 bridgehead atoms. The molecule has 0 fully saturated rings. The van der Waals surface area contributed by atoms with E-state index in [2.05, 4.69) is 32.5 Å². The molecule has 0 aliphatic rings. The van der Waals surface area contributed by atoms with Crippen molar-refractivity contribution >= 4 is 22.8 Å². The third-order valence-corrected chi connectivity index (χ3v) is 4.89. The average molecular weight is 354 g/mol. The minimum Gasteiger partial charge on any atom is -0.362 e. The third kappa shape index (κ3) is 3.08. The van der Waals surface area contributed by atoms with Gasteiger partial charge in [-0.05, 0) is 30.7 Å². The molecule has 1 N–H and O–H groups in total. The van der Waals surface area contributed by atoms with Crippen LogP contribution in [0.3, 0.4) is 0 Å². The maximum atomic E-state index is 14.1. The van der Waals surface area contributed by atoms with Crippen LogP contribution < -0.4 is 5.32 Å². The molecule has 25 heavy (non-hydrogen) atoms. The Bertz CT molecular complexity index is 1020. The van der Waals surface area contributed by atoms with E-state index in [1.165, 1.54) is 10.9 Å². The first-order chi connectivity index (χ1) is 12.2. The third-order valence-electron chi connectivity index (χ3n) is 3.75. The van der Waals surface area contributed by atoms with Gasteiger partial charge in [0, 0.05) is 11.1 Å². The van der Waals surface area contributed by atoms with Gasteiger partial charge in [0.2, 0.25) is 0 Å². The largest absolute Gasteiger partial charge is 0.362 e. The summed E-state index contributed by atoms with van der Waals surface area (Å²) in [5.41, 5.74) is 0.929. The zero-order valence-electron chi connectivity index (χ0n) is 13.5. The van der Waals surface area contributed by atoms with Crippen molar-refractivity contribution in [2.75, 3.05) is 5.32 Å². The minimum atomic E-state index is -0.355. The van der Waals surface area contributed by atoms with Crippen LogP contribution in [0, 0.1) is 5.82 Å². The van der Waals surface area contributed by atoms with Gasteiger partial charge in [0.15, 0.2) is 11.5 Å². The number of nitrogens with one attached hydrogen (secondary N) is 1. The lowest BCUT2D eigenvalue weighted by Crippen LogP contribution is -2.04. The molecule has 1 aromatic carbocycles. The Morgan fingerprint density at radius 1 is 1.16 bits per heavy atom. The summed E-state index contributed by atoms with van der Waals surface area (Å²) in [7, 11) is 0. The number of nitrogens with zero attached hydrogens (tertiary/aromatic N) is 5. The van der Waals surface area contributed by atoms with Crippen LogP contribution in [0.1, 0.15) is 16.8 Å². The van der Waals surface area contributed by atoms with Gasteiger partial charge in [-0.25, -0.2) is 9.37 Å². The predicted molar refractivity (Wildman–Crippen MR) is 95.0 cm³/mol. The van der Waals surface area contributed by atoms with E-state index in [1.807, 2.05) is 12.3 Å². The second kappa shape index (κ2) is 6.56. The van der Waals surface area contributed by atoms with Gasteiger partial charge in [0.1, 0.15) is 16.6 Å². The van der Waals surface area contributed by atoms with Crippen molar-refractivity contribution in [3.8, 4) is 11.4 Å². The van der Waals surface area contributed by atoms with Crippen LogP contribution in [0.2, 0.25) is 0 Å². The summed E-state index contributed by atoms with van der Waals surface area (Å²) in [6.07, 6.45) is 2.88. The second-order valence-corrected chi connectivity index (χ2v) is 6.62. The van der Waals surface area contributed by atoms with Crippen LogP contribution in [0.15, 0.2) is 42.6 Å². The van der Waals surface area contributed by atoms with Crippen LogP contribution in [0.5, 0.6) is 0 Å². The van der Waals surface area contributed by atoms with Crippen LogP contribution in [-0.4, -0.2) is 24.8 Å². The average Bonchev–Trinajstić information content (AvgIpc) is 3.27. The van der Waals surface area contributed by atoms with Crippen molar-refractivity contribution in [2.45, 2.75) is 19.9 Å². The second-order valence-electron chi connectivity index (χ2n) is 5.42. The lowest BCUT2D eigenvalue weighted by Gasteiger charge is -2.05. The number of hydrogen-bond donors (Lipinski definition) is 1. The van der Waals surface area contributed by atoms with Gasteiger partial charge in [-0.15, -0.1) is 26.6 Å². The summed E-state index contributed by atoms with van der Waals surface area (Å²) in [4.78, 5) is 5.63. The van der Waals surface area contributed by atoms with E-state index >= 15 is 0 Å². The topological polar surface area (TPSA) is 68.0 Å². The van der Waals surface area contributed by atoms with Crippen LogP contribution in [0.25, 0.3) is 17.0 Å². The molecule has 3 aromatic heterocycles. The van der Waals surface area contributed by atoms with Crippen LogP contribution in [0.4, 0.5) is 10.2 Å². The van der Waals surface area contributed by atoms with Gasteiger partial charge < -0.3 is 5.32 Å². The van der Waals surface area contributed by atoms with Gasteiger partial charge in [0.05, 0.1) is 12.1 Å². The van der Waals surface area contributed by atoms with Crippen molar-refractivity contribution in [2.24, 2.45) is 0 Å². The number of anilines is 1. The number of halogens is 1. The molecule has 4 aromatic rings. The standard InChI is InChI=1S/C17H15FN6S/c1-2-11-9-20-16(25-11)10-19-14-7-8-15-21-22-17(24(15)23-14)12-5-3-4-6-13(12)18/h3-9H,2,10H2,1H3,(H,19,23). The summed E-state index contributed by atoms with van der Waals surface area (Å²) < 4.78 is 15.6. The lowest BCUT2D eigenvalue weighted by molar-refractivity contribution is 0.629. The highest BCUT2D eigenvalue weighted by Crippen LogP contribution is 2.21. The molecule has 126 valence electrons. The molecule has 0 spiro atoms. The monoisotopic (exact) mass is 354 g/mol. The van der Waals surface area contributed by atoms with E-state index in [0.29, 0.717) is 29.4 Å². The smallest absolute Gasteiger partial charge is 0.188 e. The van der Waals surface area contributed by atoms with E-state index in [4.69, 9.17) is 0 Å². The number of thiazole rings is 1. The number of aromatic nitrogens is 5. The van der Waals surface area contributed by atoms with E-state index in [0.717, 1.165) is 11.4 Å². The summed E-state index contributed by atoms with van der Waals surface area (Å²) in [6, 6.07) is 10.1. The lowest BCUT2D eigenvalue weighted by atomic mass is 10.2. The molecule has 6 nitrogen and oxygen atoms in total. The fraction of sp³-hybridized carbons (Fsp3) is 0.176. The Hall–Kier alpha value is -2.87. The van der Waals surface area contributed by atoms with E-state index in [9.17, 15) is 4.39 Å². The summed E-state index contributed by atoms with van der Waals surface area (Å²) in [5, 5.41) is 16.9. The number of fused-ring (bicyclic) bond motifs is 1. The first-order valence-electron chi connectivity index (χ1n) is 7.89. The molecule has 0 atom stereocenters. The molecule has 0 aliphatic heterocycles. The molecule has 3 heterocycles. The Balaban J connectivity index is 1.63. The zero-order valence-corrected chi connectivity index (χ0v) is 14.3. The summed E-state index contributed by atoms with van der Waals surface area (Å²) in [6.45, 7) is 2.69. The molecule has 0 amide bonds. The van der Waals surface area contributed by atoms with Crippen LogP contribution in [-0.2, 0) is 13.0 Å². The highest BCUT2D eigenvalue weighted by molar-refractivity contribution is 7.11. The van der Waals surface area contributed by atoms with Gasteiger partial charge >= 0.3 is 0 Å². The Morgan fingerprint density at radius 3 is 2.84 bits per heavy atom. The van der Waals surface area contributed by atoms with E-state index in [-0.39, 0.29) is 5.82 Å². The normalized spacial score (nSPS) is 11.1. The first-order valence-corrected chi connectivity index (χ1v) is 8.71. The molecular formula is C17H15FN6S. The van der Waals surface area contributed by atoms with Crippen molar-refractivity contribution in [1.82, 2.24) is 24.8 Å². The highest BCUT2D eigenvalue weighted by Gasteiger charge is 2.13. The van der Waals surface area contributed by atoms with Crippen molar-refractivity contribution in [3.63, 3.8) is 0 Å². The maximum Gasteiger partial charge on any atom is 0.188 e. The summed E-state index contributed by atoms with van der Waals surface area (Å²) in [5.74, 6) is 0.671. The Morgan fingerprint density at radius 2 is 2.04 bits per heavy atom. The van der Waals surface area contributed by atoms with Gasteiger partial charge in [-0.1, -0.05) is 19.1 Å². The van der Waals surface area contributed by atoms with E-state index < -0.39 is 0 Å². The predicted octanol–water partition coefficient (Wildman–Crippen LogP) is 3.56. The van der Waals surface area contributed by atoms with Crippen molar-refractivity contribution in [1.29, 1.82) is 0 Å². The Labute approximate surface area is 147 Å². The molecule has 8 heteroatoms. The molecular weight excluding hydrogens is 339 g/mol. The van der Waals surface area contributed by atoms with E-state index in [1.54, 1.807) is 40.1 Å². The van der Waals surface area contributed by atoms with Gasteiger partial charge in [-0.3, -0.25) is 0 Å². The maximum absolute atomic E-state index is 14.1. The molecule has 0 saturated carbocycles. The van der Waals surface area contributed by atoms with Crippen molar-refractivity contribution < 1.29 is 4.39 Å². The molecule has 0 aliphatic carbocycles. The first kappa shape index (κ1) is 15.6. The van der Waals surface area contributed by atoms with Crippen LogP contribution >= 0.6 is 11.3 Å². The number of benzene rings is 1. The molecule has 0 radical (unpaired) electrons. The quantitative estimate of drug-likeness (QED) is 0.593. The minimum absolute atomic E-state index is 0.355. The van der Waals surface area contributed by atoms with Gasteiger partial charge in [0.25, 0.3) is 0 Å². The molecule has 0 unspecified atom stereocenters. The molecule has 4 rings (SSSR count). The number of rotatable bonds is 5. The fourth-order valence-electron chi connectivity index (χ4n) is 2.45. The Kier molecular flexibility index (Phi) is 4.10. The van der Waals surface area contributed by atoms with Gasteiger partial charge in [-0.2, -0.15) is 4.52 Å². The SMILES string of the molecule is CCc1cnc(CNc2ccc3nnc(-c4ccccc4F)n3n2)s1. The zero-order chi connectivity index (χ0) is 17.2. The number of aryl methyl sites for hydroxylation is 1. The summed E-state index contributed by atoms with van der Waals surface area (Å²) >= 11 is 1.68.